The van der Waals surface area contributed by atoms with Gasteiger partial charge < -0.3 is 20.7 Å². The van der Waals surface area contributed by atoms with Crippen molar-refractivity contribution in [1.82, 2.24) is 5.32 Å². The number of nitrogens with one attached hydrogen (secondary N) is 1. The number of nitrogens with zero attached hydrogens (tertiary/aromatic N) is 2. The molecule has 3 aliphatic heterocycles. The van der Waals surface area contributed by atoms with Crippen molar-refractivity contribution in [1.29, 1.82) is 0 Å². The molecule has 232 valence electrons. The molecule has 0 atom stereocenters. The minimum atomic E-state index is -0.146. The molecule has 2 aromatic rings. The van der Waals surface area contributed by atoms with Crippen LogP contribution in [0.4, 0.5) is 11.4 Å². The topological polar surface area (TPSA) is 53.5 Å². The zero-order valence-electron chi connectivity index (χ0n) is 26.4. The molecule has 7 heteroatoms. The molecule has 0 radical (unpaired) electrons. The maximum Gasteiger partial charge on any atom is 0.215 e. The van der Waals surface area contributed by atoms with Gasteiger partial charge in [-0.2, -0.15) is 4.58 Å². The average Bonchev–Trinajstić information content (AvgIpc) is 3.60. The number of para-hydroxylation sites is 2. The Balaban J connectivity index is 1.45. The molecule has 3 N–H and O–H groups in total. The number of anilines is 1. The van der Waals surface area contributed by atoms with Crippen LogP contribution < -0.4 is 16.0 Å². The van der Waals surface area contributed by atoms with Gasteiger partial charge in [-0.1, -0.05) is 94.3 Å². The van der Waals surface area contributed by atoms with Crippen molar-refractivity contribution in [2.24, 2.45) is 5.73 Å². The summed E-state index contributed by atoms with van der Waals surface area (Å²) in [6, 6.07) is 17.3. The summed E-state index contributed by atoms with van der Waals surface area (Å²) in [6.45, 7) is 10.2. The SMILES string of the molecule is CC1(C)C(/C=C/C2=C(NC3=C(N)COC3)C(=C/C=C3/N(/C=C/Br)c4ccccc4C3(C)C)/CCC2)=[N+](/C=C/Br)c2ccccc21. The van der Waals surface area contributed by atoms with E-state index in [4.69, 9.17) is 10.5 Å². The number of nitrogens with two attached hydrogens (primary N) is 1. The highest BCUT2D eigenvalue weighted by molar-refractivity contribution is 9.11. The summed E-state index contributed by atoms with van der Waals surface area (Å²) >= 11 is 7.04. The lowest BCUT2D eigenvalue weighted by atomic mass is 9.81. The number of halogens is 2. The van der Waals surface area contributed by atoms with Crippen molar-refractivity contribution in [3.8, 4) is 0 Å². The quantitative estimate of drug-likeness (QED) is 0.279. The Morgan fingerprint density at radius 3 is 2.38 bits per heavy atom. The predicted octanol–water partition coefficient (Wildman–Crippen LogP) is 9.19. The zero-order valence-corrected chi connectivity index (χ0v) is 29.6. The fourth-order valence-electron chi connectivity index (χ4n) is 7.06. The summed E-state index contributed by atoms with van der Waals surface area (Å²) in [5.74, 6) is 0. The van der Waals surface area contributed by atoms with Gasteiger partial charge in [-0.05, 0) is 66.9 Å². The molecule has 0 saturated heterocycles. The first-order valence-electron chi connectivity index (χ1n) is 15.5. The van der Waals surface area contributed by atoms with Crippen LogP contribution in [0.1, 0.15) is 58.1 Å². The van der Waals surface area contributed by atoms with Crippen LogP contribution in [0.2, 0.25) is 0 Å². The van der Waals surface area contributed by atoms with Crippen molar-refractivity contribution in [3.05, 3.63) is 140 Å². The van der Waals surface area contributed by atoms with Crippen molar-refractivity contribution < 1.29 is 9.31 Å². The molecule has 0 fully saturated rings. The lowest BCUT2D eigenvalue weighted by molar-refractivity contribution is -0.356. The monoisotopic (exact) mass is 727 g/mol. The summed E-state index contributed by atoms with van der Waals surface area (Å²) in [5, 5.41) is 3.75. The van der Waals surface area contributed by atoms with Crippen LogP contribution in [0.25, 0.3) is 0 Å². The Labute approximate surface area is 284 Å². The van der Waals surface area contributed by atoms with Crippen LogP contribution >= 0.6 is 31.9 Å². The Morgan fingerprint density at radius 1 is 0.889 bits per heavy atom. The van der Waals surface area contributed by atoms with Crippen LogP contribution in [0.15, 0.2) is 129 Å². The molecule has 6 rings (SSSR count). The fraction of sp³-hybridized carbons (Fsp3) is 0.289. The van der Waals surface area contributed by atoms with E-state index in [1.165, 1.54) is 45.1 Å². The minimum Gasteiger partial charge on any atom is -0.399 e. The van der Waals surface area contributed by atoms with E-state index < -0.39 is 0 Å². The molecule has 45 heavy (non-hydrogen) atoms. The number of benzene rings is 2. The van der Waals surface area contributed by atoms with Gasteiger partial charge in [-0.3, -0.25) is 0 Å². The second kappa shape index (κ2) is 12.8. The van der Waals surface area contributed by atoms with Gasteiger partial charge in [0.1, 0.15) is 0 Å². The molecule has 1 aliphatic carbocycles. The van der Waals surface area contributed by atoms with Gasteiger partial charge >= 0.3 is 0 Å². The van der Waals surface area contributed by atoms with Crippen molar-refractivity contribution in [3.63, 3.8) is 0 Å². The number of fused-ring (bicyclic) bond motifs is 2. The van der Waals surface area contributed by atoms with Crippen LogP contribution in [-0.4, -0.2) is 23.5 Å². The van der Waals surface area contributed by atoms with E-state index >= 15 is 0 Å². The summed E-state index contributed by atoms with van der Waals surface area (Å²) in [4.78, 5) is 6.13. The van der Waals surface area contributed by atoms with E-state index in [9.17, 15) is 0 Å². The lowest BCUT2D eigenvalue weighted by Gasteiger charge is -2.26. The van der Waals surface area contributed by atoms with Crippen LogP contribution in [0.3, 0.4) is 0 Å². The summed E-state index contributed by atoms with van der Waals surface area (Å²) in [5.41, 5.74) is 19.0. The Morgan fingerprint density at radius 2 is 1.64 bits per heavy atom. The van der Waals surface area contributed by atoms with Gasteiger partial charge in [0.05, 0.1) is 30.0 Å². The number of rotatable bonds is 7. The largest absolute Gasteiger partial charge is 0.399 e. The molecule has 5 nitrogen and oxygen atoms in total. The smallest absolute Gasteiger partial charge is 0.215 e. The highest BCUT2D eigenvalue weighted by Crippen LogP contribution is 2.48. The molecule has 0 unspecified atom stereocenters. The van der Waals surface area contributed by atoms with E-state index in [1.54, 1.807) is 0 Å². The van der Waals surface area contributed by atoms with E-state index in [0.29, 0.717) is 13.2 Å². The molecule has 4 aliphatic rings. The maximum absolute atomic E-state index is 6.38. The molecule has 2 aromatic carbocycles. The van der Waals surface area contributed by atoms with Gasteiger partial charge in [0.25, 0.3) is 0 Å². The first-order chi connectivity index (χ1) is 21.7. The third-order valence-electron chi connectivity index (χ3n) is 9.47. The van der Waals surface area contributed by atoms with E-state index in [2.05, 4.69) is 160 Å². The van der Waals surface area contributed by atoms with Crippen LogP contribution in [-0.2, 0) is 15.6 Å². The zero-order chi connectivity index (χ0) is 31.8. The van der Waals surface area contributed by atoms with Gasteiger partial charge in [0.15, 0.2) is 11.9 Å². The molecule has 0 aromatic heterocycles. The second-order valence-corrected chi connectivity index (χ2v) is 14.0. The molecular formula is C38H41Br2N4O+. The first-order valence-corrected chi connectivity index (χ1v) is 17.4. The predicted molar refractivity (Wildman–Crippen MR) is 194 cm³/mol. The molecular weight excluding hydrogens is 688 g/mol. The Bertz CT molecular complexity index is 1770. The number of ether oxygens (including phenoxy) is 1. The van der Waals surface area contributed by atoms with Gasteiger partial charge in [-0.25, -0.2) is 0 Å². The molecule has 0 saturated carbocycles. The summed E-state index contributed by atoms with van der Waals surface area (Å²) < 4.78 is 7.98. The molecule has 0 spiro atoms. The fourth-order valence-corrected chi connectivity index (χ4v) is 7.53. The maximum atomic E-state index is 6.38. The van der Waals surface area contributed by atoms with Crippen LogP contribution in [0, 0.1) is 0 Å². The van der Waals surface area contributed by atoms with Gasteiger partial charge in [0.2, 0.25) is 5.69 Å². The summed E-state index contributed by atoms with van der Waals surface area (Å²) in [7, 11) is 0. The molecule has 0 amide bonds. The van der Waals surface area contributed by atoms with E-state index in [1.807, 2.05) is 9.97 Å². The van der Waals surface area contributed by atoms with Crippen molar-refractivity contribution in [2.75, 3.05) is 18.1 Å². The average molecular weight is 730 g/mol. The minimum absolute atomic E-state index is 0.146. The normalized spacial score (nSPS) is 22.8. The third kappa shape index (κ3) is 5.75. The van der Waals surface area contributed by atoms with E-state index in [0.717, 1.165) is 36.4 Å². The second-order valence-electron chi connectivity index (χ2n) is 12.9. The van der Waals surface area contributed by atoms with E-state index in [-0.39, 0.29) is 10.8 Å². The number of allylic oxidation sites excluding steroid dienone is 7. The number of hydrogen-bond acceptors (Lipinski definition) is 4. The Kier molecular flexibility index (Phi) is 8.97. The highest BCUT2D eigenvalue weighted by Gasteiger charge is 2.44. The summed E-state index contributed by atoms with van der Waals surface area (Å²) in [6.07, 6.45) is 16.4. The lowest BCUT2D eigenvalue weighted by Crippen LogP contribution is -2.26. The van der Waals surface area contributed by atoms with Gasteiger partial charge in [-0.15, -0.1) is 0 Å². The Hall–Kier alpha value is -3.39. The standard InChI is InChI=1S/C38H40Br2N4O/c1-37(2)28-12-5-7-14-32(28)43(22-20-39)34(37)18-16-26-10-9-11-27(36(26)42-31-25-45-24-30(31)41)17-19-35-38(3,4)29-13-6-8-15-33(29)44(35)23-21-40/h5-8,12-23H,9-11,24-25,41H2,1-4H3/p+1/b22-20+,23-21+,26-16+,34-18+. The third-order valence-corrected chi connectivity index (χ3v) is 9.94. The van der Waals surface area contributed by atoms with Crippen molar-refractivity contribution in [2.45, 2.75) is 57.8 Å². The highest BCUT2D eigenvalue weighted by atomic mass is 79.9. The molecule has 3 heterocycles. The molecule has 0 bridgehead atoms. The van der Waals surface area contributed by atoms with Gasteiger partial charge in [0, 0.05) is 51.4 Å². The first kappa shape index (κ1) is 31.6. The van der Waals surface area contributed by atoms with Crippen LogP contribution in [0.5, 0.6) is 0 Å². The van der Waals surface area contributed by atoms with Crippen molar-refractivity contribution >= 4 is 48.9 Å². The number of hydrogen-bond donors (Lipinski definition) is 2.